The van der Waals surface area contributed by atoms with Crippen molar-refractivity contribution in [2.24, 2.45) is 5.92 Å². The molecule has 0 spiro atoms. The molecule has 2 heterocycles. The third-order valence-electron chi connectivity index (χ3n) is 5.31. The van der Waals surface area contributed by atoms with E-state index in [9.17, 15) is 14.4 Å². The predicted octanol–water partition coefficient (Wildman–Crippen LogP) is 4.09. The van der Waals surface area contributed by atoms with Gasteiger partial charge >= 0.3 is 0 Å². The minimum absolute atomic E-state index is 0.0444. The highest BCUT2D eigenvalue weighted by Gasteiger charge is 2.35. The quantitative estimate of drug-likeness (QED) is 0.632. The number of benzene rings is 2. The lowest BCUT2D eigenvalue weighted by Crippen LogP contribution is -2.28. The molecule has 3 aromatic rings. The van der Waals surface area contributed by atoms with Gasteiger partial charge in [-0.3, -0.25) is 14.4 Å². The zero-order valence-corrected chi connectivity index (χ0v) is 17.1. The van der Waals surface area contributed by atoms with Crippen molar-refractivity contribution in [3.63, 3.8) is 0 Å². The van der Waals surface area contributed by atoms with Crippen LogP contribution in [0.5, 0.6) is 0 Å². The van der Waals surface area contributed by atoms with Crippen molar-refractivity contribution in [1.29, 1.82) is 0 Å². The Hall–Kier alpha value is -3.87. The molecule has 1 fully saturated rings. The monoisotopic (exact) mass is 417 g/mol. The standard InChI is InChI=1S/C24H23N3O4/c1-2-16-6-3-4-7-20(16)27-15-17(14-22(27)28)23(29)25-18-9-11-19(12-10-18)26-24(30)21-8-5-13-31-21/h3-13,17H,2,14-15H2,1H3,(H,25,29)(H,26,30). The van der Waals surface area contributed by atoms with Gasteiger partial charge in [-0.25, -0.2) is 0 Å². The highest BCUT2D eigenvalue weighted by molar-refractivity contribution is 6.04. The largest absolute Gasteiger partial charge is 0.459 e. The number of carbonyl (C=O) groups is 3. The van der Waals surface area contributed by atoms with Crippen LogP contribution in [0.15, 0.2) is 71.3 Å². The first-order valence-electron chi connectivity index (χ1n) is 10.2. The summed E-state index contributed by atoms with van der Waals surface area (Å²) in [6.45, 7) is 2.41. The fourth-order valence-electron chi connectivity index (χ4n) is 3.67. The Kier molecular flexibility index (Phi) is 5.84. The highest BCUT2D eigenvalue weighted by atomic mass is 16.3. The number of hydrogen-bond donors (Lipinski definition) is 2. The molecule has 3 amide bonds. The minimum atomic E-state index is -0.421. The second-order valence-electron chi connectivity index (χ2n) is 7.39. The van der Waals surface area contributed by atoms with Crippen LogP contribution < -0.4 is 15.5 Å². The van der Waals surface area contributed by atoms with Gasteiger partial charge in [-0.05, 0) is 54.4 Å². The summed E-state index contributed by atoms with van der Waals surface area (Å²) in [7, 11) is 0. The molecule has 0 radical (unpaired) electrons. The van der Waals surface area contributed by atoms with Crippen molar-refractivity contribution < 1.29 is 18.8 Å². The zero-order chi connectivity index (χ0) is 21.8. The number of nitrogens with one attached hydrogen (secondary N) is 2. The van der Waals surface area contributed by atoms with E-state index in [1.54, 1.807) is 41.3 Å². The van der Waals surface area contributed by atoms with Crippen LogP contribution in [0.25, 0.3) is 0 Å². The van der Waals surface area contributed by atoms with Crippen LogP contribution in [0.3, 0.4) is 0 Å². The summed E-state index contributed by atoms with van der Waals surface area (Å²) in [5.41, 5.74) is 3.14. The van der Waals surface area contributed by atoms with Crippen LogP contribution in [0.2, 0.25) is 0 Å². The fourth-order valence-corrected chi connectivity index (χ4v) is 3.67. The van der Waals surface area contributed by atoms with E-state index in [1.165, 1.54) is 6.26 Å². The van der Waals surface area contributed by atoms with Gasteiger partial charge in [0, 0.05) is 30.0 Å². The average molecular weight is 417 g/mol. The maximum absolute atomic E-state index is 12.7. The Morgan fingerprint density at radius 2 is 1.71 bits per heavy atom. The van der Waals surface area contributed by atoms with Gasteiger partial charge in [0.1, 0.15) is 0 Å². The van der Waals surface area contributed by atoms with Crippen LogP contribution in [0, 0.1) is 5.92 Å². The Balaban J connectivity index is 1.37. The summed E-state index contributed by atoms with van der Waals surface area (Å²) < 4.78 is 5.06. The number of carbonyl (C=O) groups excluding carboxylic acids is 3. The first kappa shape index (κ1) is 20.4. The second-order valence-corrected chi connectivity index (χ2v) is 7.39. The van der Waals surface area contributed by atoms with E-state index in [4.69, 9.17) is 4.42 Å². The van der Waals surface area contributed by atoms with Crippen LogP contribution >= 0.6 is 0 Å². The lowest BCUT2D eigenvalue weighted by molar-refractivity contribution is -0.122. The lowest BCUT2D eigenvalue weighted by atomic mass is 10.1. The van der Waals surface area contributed by atoms with Crippen LogP contribution in [0.4, 0.5) is 17.1 Å². The van der Waals surface area contributed by atoms with Gasteiger partial charge in [0.15, 0.2) is 5.76 Å². The van der Waals surface area contributed by atoms with E-state index < -0.39 is 5.92 Å². The maximum atomic E-state index is 12.7. The smallest absolute Gasteiger partial charge is 0.291 e. The number of aryl methyl sites for hydroxylation is 1. The van der Waals surface area contributed by atoms with E-state index in [0.29, 0.717) is 17.9 Å². The molecule has 158 valence electrons. The lowest BCUT2D eigenvalue weighted by Gasteiger charge is -2.20. The van der Waals surface area contributed by atoms with Crippen molar-refractivity contribution in [3.05, 3.63) is 78.3 Å². The normalized spacial score (nSPS) is 15.7. The maximum Gasteiger partial charge on any atom is 0.291 e. The van der Waals surface area contributed by atoms with Crippen molar-refractivity contribution in [2.75, 3.05) is 22.1 Å². The van der Waals surface area contributed by atoms with Crippen molar-refractivity contribution in [1.82, 2.24) is 0 Å². The van der Waals surface area contributed by atoms with E-state index in [1.807, 2.05) is 31.2 Å². The number of para-hydroxylation sites is 1. The summed E-state index contributed by atoms with van der Waals surface area (Å²) in [4.78, 5) is 39.0. The van der Waals surface area contributed by atoms with Gasteiger partial charge in [-0.2, -0.15) is 0 Å². The summed E-state index contributed by atoms with van der Waals surface area (Å²) in [6.07, 6.45) is 2.43. The molecule has 0 aliphatic carbocycles. The van der Waals surface area contributed by atoms with E-state index in [0.717, 1.165) is 17.7 Å². The predicted molar refractivity (Wildman–Crippen MR) is 118 cm³/mol. The SMILES string of the molecule is CCc1ccccc1N1CC(C(=O)Nc2ccc(NC(=O)c3ccco3)cc2)CC1=O. The van der Waals surface area contributed by atoms with Crippen molar-refractivity contribution in [3.8, 4) is 0 Å². The molecule has 1 aliphatic rings. The van der Waals surface area contributed by atoms with Gasteiger partial charge in [0.2, 0.25) is 11.8 Å². The van der Waals surface area contributed by atoms with Gasteiger partial charge in [0.25, 0.3) is 5.91 Å². The third kappa shape index (κ3) is 4.50. The third-order valence-corrected chi connectivity index (χ3v) is 5.31. The molecular formula is C24H23N3O4. The highest BCUT2D eigenvalue weighted by Crippen LogP contribution is 2.29. The summed E-state index contributed by atoms with van der Waals surface area (Å²) >= 11 is 0. The minimum Gasteiger partial charge on any atom is -0.459 e. The number of rotatable bonds is 6. The van der Waals surface area contributed by atoms with Crippen molar-refractivity contribution in [2.45, 2.75) is 19.8 Å². The Labute approximate surface area is 180 Å². The first-order chi connectivity index (χ1) is 15.0. The molecule has 2 aromatic carbocycles. The molecule has 2 N–H and O–H groups in total. The Morgan fingerprint density at radius 1 is 1.00 bits per heavy atom. The molecule has 7 nitrogen and oxygen atoms in total. The van der Waals surface area contributed by atoms with Gasteiger partial charge < -0.3 is 20.0 Å². The zero-order valence-electron chi connectivity index (χ0n) is 17.1. The number of anilines is 3. The molecule has 1 atom stereocenters. The molecule has 0 bridgehead atoms. The molecule has 1 saturated heterocycles. The molecule has 7 heteroatoms. The van der Waals surface area contributed by atoms with E-state index in [2.05, 4.69) is 10.6 Å². The number of amides is 3. The van der Waals surface area contributed by atoms with Crippen LogP contribution in [0.1, 0.15) is 29.5 Å². The van der Waals surface area contributed by atoms with Gasteiger partial charge in [0.05, 0.1) is 12.2 Å². The number of hydrogen-bond acceptors (Lipinski definition) is 4. The van der Waals surface area contributed by atoms with Crippen LogP contribution in [-0.2, 0) is 16.0 Å². The number of nitrogens with zero attached hydrogens (tertiary/aromatic N) is 1. The topological polar surface area (TPSA) is 91.7 Å². The van der Waals surface area contributed by atoms with Gasteiger partial charge in [-0.15, -0.1) is 0 Å². The molecule has 1 unspecified atom stereocenters. The number of furan rings is 1. The van der Waals surface area contributed by atoms with E-state index in [-0.39, 0.29) is 29.9 Å². The molecule has 31 heavy (non-hydrogen) atoms. The molecule has 1 aliphatic heterocycles. The Bertz CT molecular complexity index is 1090. The van der Waals surface area contributed by atoms with Gasteiger partial charge in [-0.1, -0.05) is 25.1 Å². The average Bonchev–Trinajstić information content (AvgIpc) is 3.45. The molecule has 1 aromatic heterocycles. The summed E-state index contributed by atoms with van der Waals surface area (Å²) in [6, 6.07) is 17.8. The fraction of sp³-hybridized carbons (Fsp3) is 0.208. The first-order valence-corrected chi connectivity index (χ1v) is 10.2. The van der Waals surface area contributed by atoms with Crippen LogP contribution in [-0.4, -0.2) is 24.3 Å². The van der Waals surface area contributed by atoms with Crippen molar-refractivity contribution >= 4 is 34.8 Å². The van der Waals surface area contributed by atoms with E-state index >= 15 is 0 Å². The molecule has 4 rings (SSSR count). The summed E-state index contributed by atoms with van der Waals surface area (Å²) in [5.74, 6) is -0.791. The summed E-state index contributed by atoms with van der Waals surface area (Å²) in [5, 5.41) is 5.59. The second kappa shape index (κ2) is 8.87. The molecular weight excluding hydrogens is 394 g/mol. The molecule has 0 saturated carbocycles. The Morgan fingerprint density at radius 3 is 2.39 bits per heavy atom.